The van der Waals surface area contributed by atoms with Gasteiger partial charge in [-0.15, -0.1) is 0 Å². The molecular formula is C19H22ClN3O3S. The summed E-state index contributed by atoms with van der Waals surface area (Å²) in [5.74, 6) is 0.346. The molecule has 0 unspecified atom stereocenters. The molecule has 2 heterocycles. The molecule has 1 aromatic heterocycles. The Morgan fingerprint density at radius 2 is 1.74 bits per heavy atom. The minimum atomic E-state index is -3.53. The van der Waals surface area contributed by atoms with Crippen LogP contribution < -0.4 is 5.32 Å². The van der Waals surface area contributed by atoms with Crippen LogP contribution in [0.3, 0.4) is 0 Å². The normalized spacial score (nSPS) is 21.0. The number of benzene rings is 1. The lowest BCUT2D eigenvalue weighted by atomic mass is 9.94. The van der Waals surface area contributed by atoms with E-state index in [1.807, 2.05) is 0 Å². The Kier molecular flexibility index (Phi) is 5.83. The SMILES string of the molecule is C[C@H]1C[C@H](C)CN(S(=O)(=O)c2ccc(NC(=O)c3ccc(Cl)nc3)cc2)C1. The van der Waals surface area contributed by atoms with Crippen LogP contribution in [-0.2, 0) is 10.0 Å². The fourth-order valence-electron chi connectivity index (χ4n) is 3.37. The number of halogens is 1. The maximum atomic E-state index is 12.9. The summed E-state index contributed by atoms with van der Waals surface area (Å²) in [5.41, 5.74) is 0.877. The second-order valence-corrected chi connectivity index (χ2v) is 9.44. The lowest BCUT2D eigenvalue weighted by Gasteiger charge is -2.34. The number of carbonyl (C=O) groups is 1. The molecule has 27 heavy (non-hydrogen) atoms. The van der Waals surface area contributed by atoms with Crippen molar-refractivity contribution in [3.8, 4) is 0 Å². The lowest BCUT2D eigenvalue weighted by molar-refractivity contribution is 0.102. The number of amides is 1. The number of nitrogens with zero attached hydrogens (tertiary/aromatic N) is 2. The molecule has 2 aromatic rings. The minimum Gasteiger partial charge on any atom is -0.322 e. The van der Waals surface area contributed by atoms with Crippen molar-refractivity contribution in [3.63, 3.8) is 0 Å². The Morgan fingerprint density at radius 3 is 2.30 bits per heavy atom. The molecular weight excluding hydrogens is 386 g/mol. The van der Waals surface area contributed by atoms with Gasteiger partial charge in [0.1, 0.15) is 5.15 Å². The third kappa shape index (κ3) is 4.66. The molecule has 1 saturated heterocycles. The van der Waals surface area contributed by atoms with Crippen molar-refractivity contribution in [1.29, 1.82) is 0 Å². The molecule has 1 aliphatic rings. The number of hydrogen-bond donors (Lipinski definition) is 1. The fraction of sp³-hybridized carbons (Fsp3) is 0.368. The highest BCUT2D eigenvalue weighted by atomic mass is 35.5. The van der Waals surface area contributed by atoms with Crippen LogP contribution >= 0.6 is 11.6 Å². The predicted octanol–water partition coefficient (Wildman–Crippen LogP) is 3.65. The first kappa shape index (κ1) is 19.8. The third-order valence-corrected chi connectivity index (χ3v) is 6.64. The molecule has 0 saturated carbocycles. The van der Waals surface area contributed by atoms with Gasteiger partial charge < -0.3 is 5.32 Å². The molecule has 1 aromatic carbocycles. The second-order valence-electron chi connectivity index (χ2n) is 7.12. The van der Waals surface area contributed by atoms with Gasteiger partial charge in [-0.05, 0) is 54.7 Å². The van der Waals surface area contributed by atoms with Crippen molar-refractivity contribution in [1.82, 2.24) is 9.29 Å². The number of sulfonamides is 1. The number of nitrogens with one attached hydrogen (secondary N) is 1. The van der Waals surface area contributed by atoms with Crippen molar-refractivity contribution < 1.29 is 13.2 Å². The van der Waals surface area contributed by atoms with E-state index in [0.29, 0.717) is 41.3 Å². The standard InChI is InChI=1S/C19H22ClN3O3S/c1-13-9-14(2)12-23(11-13)27(25,26)17-6-4-16(5-7-17)22-19(24)15-3-8-18(20)21-10-15/h3-8,10,13-14H,9,11-12H2,1-2H3,(H,22,24)/t13-,14-/m0/s1. The summed E-state index contributed by atoms with van der Waals surface area (Å²) >= 11 is 5.71. The van der Waals surface area contributed by atoms with E-state index in [0.717, 1.165) is 6.42 Å². The highest BCUT2D eigenvalue weighted by molar-refractivity contribution is 7.89. The number of piperidine rings is 1. The van der Waals surface area contributed by atoms with Gasteiger partial charge in [-0.3, -0.25) is 4.79 Å². The number of hydrogen-bond acceptors (Lipinski definition) is 4. The molecule has 1 aliphatic heterocycles. The summed E-state index contributed by atoms with van der Waals surface area (Å²) in [4.78, 5) is 16.3. The maximum Gasteiger partial charge on any atom is 0.257 e. The number of carbonyl (C=O) groups excluding carboxylic acids is 1. The molecule has 1 fully saturated rings. The summed E-state index contributed by atoms with van der Waals surface area (Å²) < 4.78 is 27.3. The molecule has 0 spiro atoms. The fourth-order valence-corrected chi connectivity index (χ4v) is 5.17. The molecule has 8 heteroatoms. The molecule has 2 atom stereocenters. The van der Waals surface area contributed by atoms with Crippen molar-refractivity contribution >= 4 is 33.2 Å². The average molecular weight is 408 g/mol. The zero-order chi connectivity index (χ0) is 19.6. The molecule has 1 amide bonds. The van der Waals surface area contributed by atoms with E-state index in [4.69, 9.17) is 11.6 Å². The van der Waals surface area contributed by atoms with Gasteiger partial charge in [-0.25, -0.2) is 13.4 Å². The topological polar surface area (TPSA) is 79.4 Å². The Morgan fingerprint density at radius 1 is 1.11 bits per heavy atom. The van der Waals surface area contributed by atoms with Gasteiger partial charge in [0.05, 0.1) is 10.5 Å². The maximum absolute atomic E-state index is 12.9. The van der Waals surface area contributed by atoms with Gasteiger partial charge in [0.2, 0.25) is 10.0 Å². The molecule has 0 radical (unpaired) electrons. The van der Waals surface area contributed by atoms with Crippen molar-refractivity contribution in [3.05, 3.63) is 53.3 Å². The number of rotatable bonds is 4. The van der Waals surface area contributed by atoms with Crippen LogP contribution in [0.2, 0.25) is 5.15 Å². The molecule has 3 rings (SSSR count). The van der Waals surface area contributed by atoms with Gasteiger partial charge in [-0.1, -0.05) is 25.4 Å². The van der Waals surface area contributed by atoms with Gasteiger partial charge in [-0.2, -0.15) is 4.31 Å². The summed E-state index contributed by atoms with van der Waals surface area (Å²) in [5, 5.41) is 3.03. The lowest BCUT2D eigenvalue weighted by Crippen LogP contribution is -2.42. The number of anilines is 1. The quantitative estimate of drug-likeness (QED) is 0.784. The van der Waals surface area contributed by atoms with Gasteiger partial charge in [0.15, 0.2) is 0 Å². The number of aromatic nitrogens is 1. The second kappa shape index (κ2) is 7.96. The van der Waals surface area contributed by atoms with Crippen LogP contribution in [0.5, 0.6) is 0 Å². The Balaban J connectivity index is 1.72. The largest absolute Gasteiger partial charge is 0.322 e. The highest BCUT2D eigenvalue weighted by Gasteiger charge is 2.31. The molecule has 0 bridgehead atoms. The van der Waals surface area contributed by atoms with E-state index in [-0.39, 0.29) is 10.8 Å². The van der Waals surface area contributed by atoms with E-state index in [2.05, 4.69) is 24.1 Å². The van der Waals surface area contributed by atoms with Crippen LogP contribution in [0.25, 0.3) is 0 Å². The van der Waals surface area contributed by atoms with Crippen molar-refractivity contribution in [2.75, 3.05) is 18.4 Å². The Labute approximate surface area is 164 Å². The van der Waals surface area contributed by atoms with Crippen LogP contribution in [0.1, 0.15) is 30.6 Å². The molecule has 144 valence electrons. The van der Waals surface area contributed by atoms with Crippen LogP contribution in [0.4, 0.5) is 5.69 Å². The van der Waals surface area contributed by atoms with Crippen LogP contribution in [0.15, 0.2) is 47.5 Å². The first-order valence-electron chi connectivity index (χ1n) is 8.79. The van der Waals surface area contributed by atoms with Gasteiger partial charge >= 0.3 is 0 Å². The predicted molar refractivity (Wildman–Crippen MR) is 105 cm³/mol. The van der Waals surface area contributed by atoms with Gasteiger partial charge in [0, 0.05) is 25.0 Å². The summed E-state index contributed by atoms with van der Waals surface area (Å²) in [7, 11) is -3.53. The Bertz CT molecular complexity index is 904. The first-order valence-corrected chi connectivity index (χ1v) is 10.6. The van der Waals surface area contributed by atoms with Crippen molar-refractivity contribution in [2.45, 2.75) is 25.2 Å². The zero-order valence-corrected chi connectivity index (χ0v) is 16.8. The summed E-state index contributed by atoms with van der Waals surface area (Å²) in [6, 6.07) is 9.33. The minimum absolute atomic E-state index is 0.231. The van der Waals surface area contributed by atoms with E-state index in [1.165, 1.54) is 24.4 Å². The Hall–Kier alpha value is -1.96. The number of pyridine rings is 1. The van der Waals surface area contributed by atoms with Gasteiger partial charge in [0.25, 0.3) is 5.91 Å². The highest BCUT2D eigenvalue weighted by Crippen LogP contribution is 2.27. The average Bonchev–Trinajstić information content (AvgIpc) is 2.62. The zero-order valence-electron chi connectivity index (χ0n) is 15.2. The summed E-state index contributed by atoms with van der Waals surface area (Å²) in [6.45, 7) is 5.22. The monoisotopic (exact) mass is 407 g/mol. The van der Waals surface area contributed by atoms with E-state index in [1.54, 1.807) is 22.5 Å². The molecule has 0 aliphatic carbocycles. The van der Waals surface area contributed by atoms with Crippen LogP contribution in [-0.4, -0.2) is 36.7 Å². The summed E-state index contributed by atoms with van der Waals surface area (Å²) in [6.07, 6.45) is 2.42. The third-order valence-electron chi connectivity index (χ3n) is 4.57. The smallest absolute Gasteiger partial charge is 0.257 e. The first-order chi connectivity index (χ1) is 12.8. The molecule has 6 nitrogen and oxygen atoms in total. The van der Waals surface area contributed by atoms with Crippen molar-refractivity contribution in [2.24, 2.45) is 11.8 Å². The molecule has 1 N–H and O–H groups in total. The van der Waals surface area contributed by atoms with E-state index in [9.17, 15) is 13.2 Å². The van der Waals surface area contributed by atoms with E-state index >= 15 is 0 Å². The van der Waals surface area contributed by atoms with Crippen LogP contribution in [0, 0.1) is 11.8 Å². The van der Waals surface area contributed by atoms with E-state index < -0.39 is 10.0 Å².